The Morgan fingerprint density at radius 3 is 2.53 bits per heavy atom. The molecule has 2 heterocycles. The number of rotatable bonds is 3. The summed E-state index contributed by atoms with van der Waals surface area (Å²) in [7, 11) is 0. The second kappa shape index (κ2) is 4.67. The van der Waals surface area contributed by atoms with Gasteiger partial charge in [-0.05, 0) is 37.5 Å². The lowest BCUT2D eigenvalue weighted by atomic mass is 10.1. The first-order valence-corrected chi connectivity index (χ1v) is 5.87. The highest BCUT2D eigenvalue weighted by Gasteiger charge is 2.11. The molecule has 4 heteroatoms. The third-order valence-electron chi connectivity index (χ3n) is 3.06. The minimum atomic E-state index is 0.518. The van der Waals surface area contributed by atoms with Gasteiger partial charge in [0.1, 0.15) is 0 Å². The Labute approximate surface area is 101 Å². The highest BCUT2D eigenvalue weighted by Crippen LogP contribution is 2.17. The van der Waals surface area contributed by atoms with Crippen LogP contribution >= 0.6 is 0 Å². The molecule has 17 heavy (non-hydrogen) atoms. The van der Waals surface area contributed by atoms with E-state index in [-0.39, 0.29) is 0 Å². The number of nitrogens with zero attached hydrogens (tertiary/aromatic N) is 3. The van der Waals surface area contributed by atoms with Gasteiger partial charge in [0.25, 0.3) is 0 Å². The van der Waals surface area contributed by atoms with E-state index in [9.17, 15) is 0 Å². The summed E-state index contributed by atoms with van der Waals surface area (Å²) in [5.74, 6) is 0.850. The molecular formula is C13H18N4. The van der Waals surface area contributed by atoms with E-state index >= 15 is 0 Å². The minimum Gasteiger partial charge on any atom is -0.326 e. The van der Waals surface area contributed by atoms with Crippen LogP contribution in [0.4, 0.5) is 0 Å². The van der Waals surface area contributed by atoms with E-state index < -0.39 is 0 Å². The Kier molecular flexibility index (Phi) is 3.24. The van der Waals surface area contributed by atoms with E-state index in [1.165, 1.54) is 5.56 Å². The maximum atomic E-state index is 5.56. The monoisotopic (exact) mass is 230 g/mol. The van der Waals surface area contributed by atoms with Gasteiger partial charge in [-0.25, -0.2) is 9.67 Å². The molecule has 0 spiro atoms. The van der Waals surface area contributed by atoms with Crippen molar-refractivity contribution in [3.05, 3.63) is 40.8 Å². The van der Waals surface area contributed by atoms with Crippen molar-refractivity contribution in [2.45, 2.75) is 33.7 Å². The number of nitrogens with two attached hydrogens (primary N) is 1. The Morgan fingerprint density at radius 2 is 2.06 bits per heavy atom. The van der Waals surface area contributed by atoms with E-state index in [4.69, 9.17) is 5.73 Å². The molecular weight excluding hydrogens is 212 g/mol. The lowest BCUT2D eigenvalue weighted by molar-refractivity contribution is 0.802. The molecule has 0 radical (unpaired) electrons. The van der Waals surface area contributed by atoms with Crippen LogP contribution in [0, 0.1) is 13.8 Å². The van der Waals surface area contributed by atoms with E-state index in [1.54, 1.807) is 6.20 Å². The molecule has 2 aromatic rings. The van der Waals surface area contributed by atoms with Crippen LogP contribution in [0.5, 0.6) is 0 Å². The van der Waals surface area contributed by atoms with Gasteiger partial charge < -0.3 is 5.73 Å². The van der Waals surface area contributed by atoms with Crippen molar-refractivity contribution in [2.75, 3.05) is 0 Å². The molecule has 0 aliphatic carbocycles. The molecule has 2 rings (SSSR count). The fraction of sp³-hybridized carbons (Fsp3) is 0.385. The zero-order chi connectivity index (χ0) is 12.4. The average Bonchev–Trinajstić information content (AvgIpc) is 2.64. The molecule has 0 bridgehead atoms. The Morgan fingerprint density at radius 1 is 1.29 bits per heavy atom. The summed E-state index contributed by atoms with van der Waals surface area (Å²) >= 11 is 0. The van der Waals surface area contributed by atoms with Gasteiger partial charge >= 0.3 is 0 Å². The Bertz CT molecular complexity index is 511. The SMILES string of the molecule is CCc1c(C)nn(-c2ccc(CN)cn2)c1C. The minimum absolute atomic E-state index is 0.518. The summed E-state index contributed by atoms with van der Waals surface area (Å²) in [6, 6.07) is 3.95. The van der Waals surface area contributed by atoms with Gasteiger partial charge in [0.05, 0.1) is 5.69 Å². The number of aromatic nitrogens is 3. The first kappa shape index (κ1) is 11.8. The van der Waals surface area contributed by atoms with Crippen molar-refractivity contribution in [3.8, 4) is 5.82 Å². The molecule has 4 nitrogen and oxygen atoms in total. The lowest BCUT2D eigenvalue weighted by Gasteiger charge is -2.04. The first-order valence-electron chi connectivity index (χ1n) is 5.87. The number of aryl methyl sites for hydroxylation is 1. The number of hydrogen-bond acceptors (Lipinski definition) is 3. The molecule has 0 aliphatic heterocycles. The Hall–Kier alpha value is -1.68. The van der Waals surface area contributed by atoms with Crippen LogP contribution < -0.4 is 5.73 Å². The molecule has 0 saturated heterocycles. The van der Waals surface area contributed by atoms with Gasteiger partial charge in [0, 0.05) is 18.4 Å². The fourth-order valence-electron chi connectivity index (χ4n) is 2.07. The second-order valence-electron chi connectivity index (χ2n) is 4.14. The summed E-state index contributed by atoms with van der Waals surface area (Å²) in [6.45, 7) is 6.78. The topological polar surface area (TPSA) is 56.7 Å². The van der Waals surface area contributed by atoms with Gasteiger partial charge in [-0.1, -0.05) is 13.0 Å². The van der Waals surface area contributed by atoms with Crippen LogP contribution in [0.15, 0.2) is 18.3 Å². The summed E-state index contributed by atoms with van der Waals surface area (Å²) < 4.78 is 1.90. The third-order valence-corrected chi connectivity index (χ3v) is 3.06. The van der Waals surface area contributed by atoms with Crippen molar-refractivity contribution >= 4 is 0 Å². The fourth-order valence-corrected chi connectivity index (χ4v) is 2.07. The molecule has 0 saturated carbocycles. The molecule has 2 N–H and O–H groups in total. The van der Waals surface area contributed by atoms with E-state index in [0.717, 1.165) is 29.2 Å². The quantitative estimate of drug-likeness (QED) is 0.876. The maximum Gasteiger partial charge on any atom is 0.153 e. The molecule has 0 aliphatic rings. The molecule has 0 amide bonds. The highest BCUT2D eigenvalue weighted by molar-refractivity contribution is 5.33. The first-order chi connectivity index (χ1) is 8.17. The predicted molar refractivity (Wildman–Crippen MR) is 68.1 cm³/mol. The normalized spacial score (nSPS) is 10.8. The van der Waals surface area contributed by atoms with Gasteiger partial charge in [-0.2, -0.15) is 5.10 Å². The molecule has 0 aromatic carbocycles. The van der Waals surface area contributed by atoms with Crippen molar-refractivity contribution in [1.29, 1.82) is 0 Å². The summed E-state index contributed by atoms with van der Waals surface area (Å²) in [5, 5.41) is 4.53. The Balaban J connectivity index is 2.45. The largest absolute Gasteiger partial charge is 0.326 e. The van der Waals surface area contributed by atoms with E-state index in [0.29, 0.717) is 6.54 Å². The summed E-state index contributed by atoms with van der Waals surface area (Å²) in [6.07, 6.45) is 2.80. The van der Waals surface area contributed by atoms with Gasteiger partial charge in [-0.3, -0.25) is 0 Å². The van der Waals surface area contributed by atoms with Crippen LogP contribution in [0.2, 0.25) is 0 Å². The number of hydrogen-bond donors (Lipinski definition) is 1. The van der Waals surface area contributed by atoms with Crippen molar-refractivity contribution in [3.63, 3.8) is 0 Å². The van der Waals surface area contributed by atoms with Crippen molar-refractivity contribution < 1.29 is 0 Å². The van der Waals surface area contributed by atoms with Gasteiger partial charge in [-0.15, -0.1) is 0 Å². The zero-order valence-electron chi connectivity index (χ0n) is 10.6. The standard InChI is InChI=1S/C13H18N4/c1-4-12-9(2)16-17(10(12)3)13-6-5-11(7-14)8-15-13/h5-6,8H,4,7,14H2,1-3H3. The zero-order valence-corrected chi connectivity index (χ0v) is 10.6. The number of pyridine rings is 1. The highest BCUT2D eigenvalue weighted by atomic mass is 15.3. The lowest BCUT2D eigenvalue weighted by Crippen LogP contribution is -2.04. The van der Waals surface area contributed by atoms with Crippen LogP contribution in [0.1, 0.15) is 29.4 Å². The van der Waals surface area contributed by atoms with Crippen LogP contribution in [-0.4, -0.2) is 14.8 Å². The van der Waals surface area contributed by atoms with Crippen LogP contribution in [-0.2, 0) is 13.0 Å². The molecule has 0 atom stereocenters. The molecule has 0 fully saturated rings. The molecule has 2 aromatic heterocycles. The van der Waals surface area contributed by atoms with Crippen molar-refractivity contribution in [2.24, 2.45) is 5.73 Å². The van der Waals surface area contributed by atoms with Gasteiger partial charge in [0.2, 0.25) is 0 Å². The van der Waals surface area contributed by atoms with Crippen molar-refractivity contribution in [1.82, 2.24) is 14.8 Å². The summed E-state index contributed by atoms with van der Waals surface area (Å²) in [5.41, 5.74) is 10.1. The summed E-state index contributed by atoms with van der Waals surface area (Å²) in [4.78, 5) is 4.39. The van der Waals surface area contributed by atoms with E-state index in [2.05, 4.69) is 23.9 Å². The van der Waals surface area contributed by atoms with Crippen LogP contribution in [0.25, 0.3) is 5.82 Å². The maximum absolute atomic E-state index is 5.56. The molecule has 90 valence electrons. The predicted octanol–water partition coefficient (Wildman–Crippen LogP) is 1.91. The third kappa shape index (κ3) is 2.08. The van der Waals surface area contributed by atoms with Gasteiger partial charge in [0.15, 0.2) is 5.82 Å². The second-order valence-corrected chi connectivity index (χ2v) is 4.14. The smallest absolute Gasteiger partial charge is 0.153 e. The van der Waals surface area contributed by atoms with E-state index in [1.807, 2.05) is 23.7 Å². The van der Waals surface area contributed by atoms with Crippen LogP contribution in [0.3, 0.4) is 0 Å². The molecule has 0 unspecified atom stereocenters. The average molecular weight is 230 g/mol.